The van der Waals surface area contributed by atoms with Gasteiger partial charge in [0.2, 0.25) is 0 Å². The zero-order valence-corrected chi connectivity index (χ0v) is 12.4. The zero-order valence-electron chi connectivity index (χ0n) is 10.8. The topological polar surface area (TPSA) is 49.3 Å². The summed E-state index contributed by atoms with van der Waals surface area (Å²) in [5.74, 6) is -1.16. The molecule has 3 nitrogen and oxygen atoms in total. The van der Waals surface area contributed by atoms with Gasteiger partial charge in [-0.3, -0.25) is 0 Å². The maximum atomic E-state index is 12.9. The van der Waals surface area contributed by atoms with Gasteiger partial charge in [0.1, 0.15) is 6.04 Å². The fourth-order valence-corrected chi connectivity index (χ4v) is 2.09. The molecule has 1 atom stereocenters. The standard InChI is InChI=1S/C13H15BrF3NO2/c1-2-3-4-11(12(19)20)18-10-6-5-8(14)7-9(10)13(15,16)17/h5-7,11,18H,2-4H2,1H3,(H,19,20). The monoisotopic (exact) mass is 353 g/mol. The number of nitrogens with one attached hydrogen (secondary N) is 1. The molecule has 0 aliphatic heterocycles. The van der Waals surface area contributed by atoms with Crippen molar-refractivity contribution in [3.63, 3.8) is 0 Å². The molecule has 1 aromatic rings. The Kier molecular flexibility index (Phi) is 5.86. The third-order valence-corrected chi connectivity index (χ3v) is 3.25. The molecular weight excluding hydrogens is 339 g/mol. The Hall–Kier alpha value is -1.24. The highest BCUT2D eigenvalue weighted by molar-refractivity contribution is 9.10. The molecule has 1 aromatic carbocycles. The molecule has 0 amide bonds. The van der Waals surface area contributed by atoms with Gasteiger partial charge in [-0.25, -0.2) is 4.79 Å². The van der Waals surface area contributed by atoms with Crippen LogP contribution in [0.1, 0.15) is 31.7 Å². The number of carboxylic acid groups (broad SMARTS) is 1. The Labute approximate surface area is 123 Å². The molecule has 0 saturated carbocycles. The van der Waals surface area contributed by atoms with Gasteiger partial charge in [-0.2, -0.15) is 13.2 Å². The van der Waals surface area contributed by atoms with Gasteiger partial charge >= 0.3 is 12.1 Å². The van der Waals surface area contributed by atoms with E-state index in [-0.39, 0.29) is 16.6 Å². The molecule has 7 heteroatoms. The van der Waals surface area contributed by atoms with Crippen LogP contribution in [0.15, 0.2) is 22.7 Å². The molecule has 20 heavy (non-hydrogen) atoms. The molecule has 0 aliphatic carbocycles. The Morgan fingerprint density at radius 3 is 2.60 bits per heavy atom. The van der Waals surface area contributed by atoms with Gasteiger partial charge in [-0.1, -0.05) is 35.7 Å². The van der Waals surface area contributed by atoms with E-state index in [1.54, 1.807) is 0 Å². The summed E-state index contributed by atoms with van der Waals surface area (Å²) in [6.07, 6.45) is -2.86. The molecule has 0 saturated heterocycles. The first kappa shape index (κ1) is 16.8. The summed E-state index contributed by atoms with van der Waals surface area (Å²) >= 11 is 2.98. The fourth-order valence-electron chi connectivity index (χ4n) is 1.73. The van der Waals surface area contributed by atoms with Crippen LogP contribution in [0.4, 0.5) is 18.9 Å². The summed E-state index contributed by atoms with van der Waals surface area (Å²) in [7, 11) is 0. The first-order valence-corrected chi connectivity index (χ1v) is 6.91. The van der Waals surface area contributed by atoms with E-state index in [9.17, 15) is 18.0 Å². The third-order valence-electron chi connectivity index (χ3n) is 2.76. The summed E-state index contributed by atoms with van der Waals surface area (Å²) in [4.78, 5) is 11.1. The average molecular weight is 354 g/mol. The molecule has 0 fully saturated rings. The van der Waals surface area contributed by atoms with Crippen molar-refractivity contribution in [2.45, 2.75) is 38.4 Å². The van der Waals surface area contributed by atoms with Crippen molar-refractivity contribution in [1.82, 2.24) is 0 Å². The number of rotatable bonds is 6. The number of alkyl halides is 3. The normalized spacial score (nSPS) is 13.1. The van der Waals surface area contributed by atoms with Crippen molar-refractivity contribution < 1.29 is 23.1 Å². The second kappa shape index (κ2) is 6.97. The minimum absolute atomic E-state index is 0.218. The van der Waals surface area contributed by atoms with E-state index in [0.717, 1.165) is 12.5 Å². The van der Waals surface area contributed by atoms with Gasteiger partial charge in [-0.15, -0.1) is 0 Å². The Balaban J connectivity index is 3.03. The highest BCUT2D eigenvalue weighted by Crippen LogP contribution is 2.37. The van der Waals surface area contributed by atoms with Gasteiger partial charge in [-0.05, 0) is 24.6 Å². The number of benzene rings is 1. The van der Waals surface area contributed by atoms with Gasteiger partial charge in [0.15, 0.2) is 0 Å². The minimum atomic E-state index is -4.54. The maximum absolute atomic E-state index is 12.9. The van der Waals surface area contributed by atoms with Crippen LogP contribution in [-0.2, 0) is 11.0 Å². The van der Waals surface area contributed by atoms with Gasteiger partial charge < -0.3 is 10.4 Å². The van der Waals surface area contributed by atoms with Crippen LogP contribution in [-0.4, -0.2) is 17.1 Å². The zero-order chi connectivity index (χ0) is 15.3. The summed E-state index contributed by atoms with van der Waals surface area (Å²) in [5.41, 5.74) is -1.10. The lowest BCUT2D eigenvalue weighted by atomic mass is 10.1. The predicted molar refractivity (Wildman–Crippen MR) is 73.7 cm³/mol. The van der Waals surface area contributed by atoms with Crippen molar-refractivity contribution in [3.05, 3.63) is 28.2 Å². The van der Waals surface area contributed by atoms with Gasteiger partial charge in [0.25, 0.3) is 0 Å². The lowest BCUT2D eigenvalue weighted by Gasteiger charge is -2.19. The average Bonchev–Trinajstić information content (AvgIpc) is 2.34. The molecular formula is C13H15BrF3NO2. The molecule has 1 rings (SSSR count). The molecule has 112 valence electrons. The summed E-state index contributed by atoms with van der Waals surface area (Å²) in [6.45, 7) is 1.89. The van der Waals surface area contributed by atoms with Crippen molar-refractivity contribution in [2.75, 3.05) is 5.32 Å². The fraction of sp³-hybridized carbons (Fsp3) is 0.462. The number of unbranched alkanes of at least 4 members (excludes halogenated alkanes) is 1. The number of hydrogen-bond acceptors (Lipinski definition) is 2. The Morgan fingerprint density at radius 2 is 2.10 bits per heavy atom. The summed E-state index contributed by atoms with van der Waals surface area (Å²) in [6, 6.07) is 2.57. The molecule has 0 heterocycles. The Bertz CT molecular complexity index is 477. The number of anilines is 1. The SMILES string of the molecule is CCCCC(Nc1ccc(Br)cc1C(F)(F)F)C(=O)O. The quantitative estimate of drug-likeness (QED) is 0.790. The summed E-state index contributed by atoms with van der Waals surface area (Å²) in [5, 5.41) is 11.5. The van der Waals surface area contributed by atoms with E-state index in [2.05, 4.69) is 21.2 Å². The van der Waals surface area contributed by atoms with E-state index in [0.29, 0.717) is 6.42 Å². The van der Waals surface area contributed by atoms with Crippen molar-refractivity contribution in [3.8, 4) is 0 Å². The first-order chi connectivity index (χ1) is 9.25. The number of halogens is 4. The van der Waals surface area contributed by atoms with E-state index in [1.807, 2.05) is 6.92 Å². The van der Waals surface area contributed by atoms with Crippen LogP contribution < -0.4 is 5.32 Å². The van der Waals surface area contributed by atoms with Crippen molar-refractivity contribution in [1.29, 1.82) is 0 Å². The van der Waals surface area contributed by atoms with Crippen LogP contribution in [0.25, 0.3) is 0 Å². The summed E-state index contributed by atoms with van der Waals surface area (Å²) < 4.78 is 39.1. The second-order valence-electron chi connectivity index (χ2n) is 4.37. The number of aliphatic carboxylic acids is 1. The molecule has 1 unspecified atom stereocenters. The first-order valence-electron chi connectivity index (χ1n) is 6.11. The molecule has 0 bridgehead atoms. The highest BCUT2D eigenvalue weighted by Gasteiger charge is 2.34. The second-order valence-corrected chi connectivity index (χ2v) is 5.28. The lowest BCUT2D eigenvalue weighted by Crippen LogP contribution is -2.30. The number of carbonyl (C=O) groups is 1. The van der Waals surface area contributed by atoms with E-state index in [1.165, 1.54) is 12.1 Å². The predicted octanol–water partition coefficient (Wildman–Crippen LogP) is 4.52. The molecule has 0 aliphatic rings. The molecule has 0 spiro atoms. The lowest BCUT2D eigenvalue weighted by molar-refractivity contribution is -0.139. The molecule has 2 N–H and O–H groups in total. The number of hydrogen-bond donors (Lipinski definition) is 2. The molecule has 0 radical (unpaired) electrons. The van der Waals surface area contributed by atoms with Crippen molar-refractivity contribution in [2.24, 2.45) is 0 Å². The smallest absolute Gasteiger partial charge is 0.418 e. The number of carboxylic acids is 1. The van der Waals surface area contributed by atoms with Crippen LogP contribution >= 0.6 is 15.9 Å². The van der Waals surface area contributed by atoms with Gasteiger partial charge in [0, 0.05) is 10.2 Å². The minimum Gasteiger partial charge on any atom is -0.480 e. The van der Waals surface area contributed by atoms with E-state index in [4.69, 9.17) is 5.11 Å². The largest absolute Gasteiger partial charge is 0.480 e. The Morgan fingerprint density at radius 1 is 1.45 bits per heavy atom. The van der Waals surface area contributed by atoms with E-state index >= 15 is 0 Å². The van der Waals surface area contributed by atoms with Gasteiger partial charge in [0.05, 0.1) is 5.56 Å². The highest BCUT2D eigenvalue weighted by atomic mass is 79.9. The van der Waals surface area contributed by atoms with E-state index < -0.39 is 23.8 Å². The van der Waals surface area contributed by atoms with Crippen LogP contribution in [0.2, 0.25) is 0 Å². The molecule has 0 aromatic heterocycles. The van der Waals surface area contributed by atoms with Crippen LogP contribution in [0.3, 0.4) is 0 Å². The maximum Gasteiger partial charge on any atom is 0.418 e. The van der Waals surface area contributed by atoms with Crippen LogP contribution in [0.5, 0.6) is 0 Å². The van der Waals surface area contributed by atoms with Crippen LogP contribution in [0, 0.1) is 0 Å². The third kappa shape index (κ3) is 4.70. The van der Waals surface area contributed by atoms with Crippen molar-refractivity contribution >= 4 is 27.6 Å².